The number of carbonyl (C=O) groups excluding carboxylic acids is 1. The molecule has 0 fully saturated rings. The van der Waals surface area contributed by atoms with E-state index in [2.05, 4.69) is 37.2 Å². The molecule has 0 saturated carbocycles. The molecule has 1 N–H and O–H groups in total. The van der Waals surface area contributed by atoms with E-state index in [4.69, 9.17) is 5.26 Å². The number of nitrogens with zero attached hydrogens (tertiary/aromatic N) is 2. The molecule has 18 heavy (non-hydrogen) atoms. The zero-order valence-electron chi connectivity index (χ0n) is 10.1. The summed E-state index contributed by atoms with van der Waals surface area (Å²) in [7, 11) is 1.72. The van der Waals surface area contributed by atoms with E-state index < -0.39 is 0 Å². The molecule has 0 heterocycles. The largest absolute Gasteiger partial charge is 0.323 e. The van der Waals surface area contributed by atoms with Crippen molar-refractivity contribution >= 4 is 43.5 Å². The Balaban J connectivity index is 2.74. The molecule has 0 aliphatic heterocycles. The van der Waals surface area contributed by atoms with Crippen LogP contribution in [0.3, 0.4) is 0 Å². The maximum absolute atomic E-state index is 11.8. The Bertz CT molecular complexity index is 474. The first-order valence-electron chi connectivity index (χ1n) is 5.25. The van der Waals surface area contributed by atoms with E-state index in [1.165, 1.54) is 0 Å². The summed E-state index contributed by atoms with van der Waals surface area (Å²) in [5, 5.41) is 11.3. The predicted molar refractivity (Wildman–Crippen MR) is 78.3 cm³/mol. The molecule has 0 unspecified atom stereocenters. The van der Waals surface area contributed by atoms with E-state index in [9.17, 15) is 4.79 Å². The average molecular weight is 375 g/mol. The summed E-state index contributed by atoms with van der Waals surface area (Å²) in [6.07, 6.45) is 0. The van der Waals surface area contributed by atoms with Crippen molar-refractivity contribution in [1.29, 1.82) is 5.26 Å². The van der Waals surface area contributed by atoms with Gasteiger partial charge < -0.3 is 5.32 Å². The van der Waals surface area contributed by atoms with Gasteiger partial charge in [-0.2, -0.15) is 5.26 Å². The highest BCUT2D eigenvalue weighted by Gasteiger charge is 2.11. The molecular weight excluding hydrogens is 362 g/mol. The van der Waals surface area contributed by atoms with Gasteiger partial charge in [0.15, 0.2) is 0 Å². The fourth-order valence-electron chi connectivity index (χ4n) is 1.42. The average Bonchev–Trinajstić information content (AvgIpc) is 2.23. The molecule has 1 amide bonds. The van der Waals surface area contributed by atoms with Crippen molar-refractivity contribution < 1.29 is 4.79 Å². The molecule has 6 heteroatoms. The monoisotopic (exact) mass is 373 g/mol. The Kier molecular flexibility index (Phi) is 5.79. The second-order valence-corrected chi connectivity index (χ2v) is 5.69. The second-order valence-electron chi connectivity index (χ2n) is 3.98. The van der Waals surface area contributed by atoms with Gasteiger partial charge in [-0.3, -0.25) is 9.69 Å². The number of hydrogen-bond acceptors (Lipinski definition) is 3. The lowest BCUT2D eigenvalue weighted by molar-refractivity contribution is -0.116. The number of likely N-dealkylation sites (N-methyl/N-ethyl adjacent to an activating group) is 1. The Morgan fingerprint density at radius 1 is 1.44 bits per heavy atom. The smallest absolute Gasteiger partial charge is 0.238 e. The predicted octanol–water partition coefficient (Wildman–Crippen LogP) is 2.91. The van der Waals surface area contributed by atoms with Gasteiger partial charge in [0.05, 0.1) is 24.8 Å². The molecule has 0 saturated heterocycles. The summed E-state index contributed by atoms with van der Waals surface area (Å²) in [6.45, 7) is 2.38. The minimum absolute atomic E-state index is 0.155. The lowest BCUT2D eigenvalue weighted by atomic mass is 10.2. The number of anilines is 1. The fraction of sp³-hybridized carbons (Fsp3) is 0.333. The van der Waals surface area contributed by atoms with Crippen LogP contribution in [-0.2, 0) is 4.79 Å². The van der Waals surface area contributed by atoms with Gasteiger partial charge in [0.1, 0.15) is 0 Å². The van der Waals surface area contributed by atoms with E-state index in [-0.39, 0.29) is 19.0 Å². The summed E-state index contributed by atoms with van der Waals surface area (Å²) in [5.74, 6) is -0.155. The van der Waals surface area contributed by atoms with Gasteiger partial charge in [-0.05, 0) is 63.5 Å². The van der Waals surface area contributed by atoms with E-state index in [1.54, 1.807) is 11.9 Å². The van der Waals surface area contributed by atoms with Crippen molar-refractivity contribution in [2.75, 3.05) is 25.5 Å². The van der Waals surface area contributed by atoms with Crippen LogP contribution >= 0.6 is 31.9 Å². The van der Waals surface area contributed by atoms with Crippen LogP contribution in [0.5, 0.6) is 0 Å². The fourth-order valence-corrected chi connectivity index (χ4v) is 3.03. The van der Waals surface area contributed by atoms with Crippen molar-refractivity contribution in [3.63, 3.8) is 0 Å². The third kappa shape index (κ3) is 4.41. The first-order chi connectivity index (χ1) is 8.43. The van der Waals surface area contributed by atoms with Crippen LogP contribution in [0.2, 0.25) is 0 Å². The normalized spacial score (nSPS) is 10.2. The maximum Gasteiger partial charge on any atom is 0.238 e. The number of nitriles is 1. The summed E-state index contributed by atoms with van der Waals surface area (Å²) >= 11 is 6.83. The third-order valence-corrected chi connectivity index (χ3v) is 3.46. The van der Waals surface area contributed by atoms with E-state index in [1.807, 2.05) is 25.1 Å². The van der Waals surface area contributed by atoms with Gasteiger partial charge in [0, 0.05) is 8.95 Å². The van der Waals surface area contributed by atoms with Crippen LogP contribution in [0.15, 0.2) is 21.1 Å². The Labute approximate surface area is 123 Å². The zero-order chi connectivity index (χ0) is 13.7. The quantitative estimate of drug-likeness (QED) is 0.824. The number of halogens is 2. The molecule has 0 bridgehead atoms. The summed E-state index contributed by atoms with van der Waals surface area (Å²) in [5.41, 5.74) is 1.80. The minimum atomic E-state index is -0.155. The molecule has 96 valence electrons. The Morgan fingerprint density at radius 2 is 2.00 bits per heavy atom. The Morgan fingerprint density at radius 3 is 2.50 bits per heavy atom. The standard InChI is InChI=1S/C12H13Br2N3O/c1-8-5-9(13)12(10(14)6-8)16-11(18)7-17(2)4-3-15/h5-6H,4,7H2,1-2H3,(H,16,18). The molecule has 0 aromatic heterocycles. The first kappa shape index (κ1) is 15.2. The highest BCUT2D eigenvalue weighted by molar-refractivity contribution is 9.11. The van der Waals surface area contributed by atoms with Crippen LogP contribution in [0.25, 0.3) is 0 Å². The molecule has 0 atom stereocenters. The van der Waals surface area contributed by atoms with Crippen molar-refractivity contribution in [2.45, 2.75) is 6.92 Å². The third-order valence-electron chi connectivity index (χ3n) is 2.21. The number of rotatable bonds is 4. The van der Waals surface area contributed by atoms with Gasteiger partial charge in [-0.15, -0.1) is 0 Å². The van der Waals surface area contributed by atoms with E-state index in [0.717, 1.165) is 14.5 Å². The van der Waals surface area contributed by atoms with Crippen LogP contribution in [0.1, 0.15) is 5.56 Å². The number of benzene rings is 1. The lowest BCUT2D eigenvalue weighted by Gasteiger charge is -2.14. The number of nitrogens with one attached hydrogen (secondary N) is 1. The van der Waals surface area contributed by atoms with Crippen LogP contribution in [0.4, 0.5) is 5.69 Å². The number of amides is 1. The number of carbonyl (C=O) groups is 1. The maximum atomic E-state index is 11.8. The first-order valence-corrected chi connectivity index (χ1v) is 6.83. The van der Waals surface area contributed by atoms with Crippen LogP contribution in [-0.4, -0.2) is 30.9 Å². The minimum Gasteiger partial charge on any atom is -0.323 e. The van der Waals surface area contributed by atoms with Crippen molar-refractivity contribution in [3.05, 3.63) is 26.6 Å². The SMILES string of the molecule is Cc1cc(Br)c(NC(=O)CN(C)CC#N)c(Br)c1. The van der Waals surface area contributed by atoms with E-state index in [0.29, 0.717) is 5.69 Å². The Hall–Kier alpha value is -0.900. The molecule has 0 spiro atoms. The van der Waals surface area contributed by atoms with Crippen LogP contribution < -0.4 is 5.32 Å². The molecular formula is C12H13Br2N3O. The lowest BCUT2D eigenvalue weighted by Crippen LogP contribution is -2.30. The molecule has 0 aliphatic carbocycles. The summed E-state index contributed by atoms with van der Waals surface area (Å²) in [4.78, 5) is 13.4. The van der Waals surface area contributed by atoms with Gasteiger partial charge >= 0.3 is 0 Å². The zero-order valence-corrected chi connectivity index (χ0v) is 13.3. The van der Waals surface area contributed by atoms with Crippen LogP contribution in [0, 0.1) is 18.3 Å². The molecule has 0 radical (unpaired) electrons. The topological polar surface area (TPSA) is 56.1 Å². The van der Waals surface area contributed by atoms with E-state index >= 15 is 0 Å². The second kappa shape index (κ2) is 6.88. The van der Waals surface area contributed by atoms with Gasteiger partial charge in [0.2, 0.25) is 5.91 Å². The molecule has 1 rings (SSSR count). The van der Waals surface area contributed by atoms with Gasteiger partial charge in [0.25, 0.3) is 0 Å². The van der Waals surface area contributed by atoms with Crippen molar-refractivity contribution in [2.24, 2.45) is 0 Å². The summed E-state index contributed by atoms with van der Waals surface area (Å²) in [6, 6.07) is 5.85. The van der Waals surface area contributed by atoms with Crippen molar-refractivity contribution in [1.82, 2.24) is 4.90 Å². The van der Waals surface area contributed by atoms with Gasteiger partial charge in [-0.1, -0.05) is 0 Å². The highest BCUT2D eigenvalue weighted by atomic mass is 79.9. The van der Waals surface area contributed by atoms with Crippen molar-refractivity contribution in [3.8, 4) is 6.07 Å². The molecule has 0 aliphatic rings. The number of hydrogen-bond donors (Lipinski definition) is 1. The molecule has 1 aromatic carbocycles. The highest BCUT2D eigenvalue weighted by Crippen LogP contribution is 2.32. The number of aryl methyl sites for hydroxylation is 1. The van der Waals surface area contributed by atoms with Gasteiger partial charge in [-0.25, -0.2) is 0 Å². The summed E-state index contributed by atoms with van der Waals surface area (Å²) < 4.78 is 1.65. The molecule has 4 nitrogen and oxygen atoms in total. The molecule has 1 aromatic rings.